The Bertz CT molecular complexity index is 278. The smallest absolute Gasteiger partial charge is 0.0383 e. The van der Waals surface area contributed by atoms with E-state index in [1.807, 2.05) is 0 Å². The lowest BCUT2D eigenvalue weighted by Gasteiger charge is -2.29. The quantitative estimate of drug-likeness (QED) is 0.443. The van der Waals surface area contributed by atoms with Crippen LogP contribution in [0.4, 0.5) is 0 Å². The Morgan fingerprint density at radius 2 is 0.680 bits per heavy atom. The van der Waals surface area contributed by atoms with Gasteiger partial charge in [-0.1, -0.05) is 135 Å². The Balaban J connectivity index is 1.85. The first kappa shape index (κ1) is 21.3. The molecule has 0 heterocycles. The molecule has 2 unspecified atom stereocenters. The van der Waals surface area contributed by atoms with Crippen LogP contribution in [0.15, 0.2) is 0 Å². The minimum Gasteiger partial charge on any atom is -0.0625 e. The highest BCUT2D eigenvalue weighted by atomic mass is 14.3. The van der Waals surface area contributed by atoms with Crippen LogP contribution >= 0.6 is 0 Å². The molecule has 0 aromatic rings. The molecule has 0 aromatic heterocycles. The van der Waals surface area contributed by atoms with Crippen molar-refractivity contribution in [2.75, 3.05) is 0 Å². The fourth-order valence-electron chi connectivity index (χ4n) is 5.63. The third kappa shape index (κ3) is 10.0. The molecule has 0 N–H and O–H groups in total. The standard InChI is InChI=1S/C25H48/c1-23-18-14-12-13-17-21-25(22-23)24-19-15-10-8-6-4-2-3-5-7-9-11-16-20-24/h23-25H,2-22H2,1H3. The van der Waals surface area contributed by atoms with Gasteiger partial charge in [-0.05, 0) is 24.2 Å². The van der Waals surface area contributed by atoms with Crippen LogP contribution in [0.25, 0.3) is 0 Å². The highest BCUT2D eigenvalue weighted by Crippen LogP contribution is 2.36. The highest BCUT2D eigenvalue weighted by Gasteiger charge is 2.23. The van der Waals surface area contributed by atoms with Crippen LogP contribution in [0.1, 0.15) is 142 Å². The molecule has 2 saturated carbocycles. The van der Waals surface area contributed by atoms with Gasteiger partial charge in [0, 0.05) is 0 Å². The van der Waals surface area contributed by atoms with Crippen LogP contribution in [0.3, 0.4) is 0 Å². The zero-order valence-corrected chi connectivity index (χ0v) is 17.6. The Kier molecular flexibility index (Phi) is 12.0. The van der Waals surface area contributed by atoms with E-state index in [9.17, 15) is 0 Å². The van der Waals surface area contributed by atoms with Crippen molar-refractivity contribution in [3.05, 3.63) is 0 Å². The van der Waals surface area contributed by atoms with Crippen LogP contribution in [0, 0.1) is 17.8 Å². The zero-order valence-electron chi connectivity index (χ0n) is 17.6. The van der Waals surface area contributed by atoms with Gasteiger partial charge < -0.3 is 0 Å². The van der Waals surface area contributed by atoms with Crippen molar-refractivity contribution in [1.29, 1.82) is 0 Å². The monoisotopic (exact) mass is 348 g/mol. The summed E-state index contributed by atoms with van der Waals surface area (Å²) in [6, 6.07) is 0. The van der Waals surface area contributed by atoms with E-state index in [1.54, 1.807) is 25.7 Å². The summed E-state index contributed by atoms with van der Waals surface area (Å²) in [7, 11) is 0. The van der Waals surface area contributed by atoms with Gasteiger partial charge in [-0.15, -0.1) is 0 Å². The highest BCUT2D eigenvalue weighted by molar-refractivity contribution is 4.75. The van der Waals surface area contributed by atoms with Crippen molar-refractivity contribution >= 4 is 0 Å². The van der Waals surface area contributed by atoms with Gasteiger partial charge in [0.15, 0.2) is 0 Å². The van der Waals surface area contributed by atoms with Gasteiger partial charge in [-0.3, -0.25) is 0 Å². The average Bonchev–Trinajstić information content (AvgIpc) is 2.70. The van der Waals surface area contributed by atoms with E-state index in [0.29, 0.717) is 0 Å². The molecule has 0 bridgehead atoms. The van der Waals surface area contributed by atoms with Gasteiger partial charge >= 0.3 is 0 Å². The van der Waals surface area contributed by atoms with E-state index in [4.69, 9.17) is 0 Å². The molecule has 0 nitrogen and oxygen atoms in total. The second-order valence-electron chi connectivity index (χ2n) is 9.67. The maximum absolute atomic E-state index is 2.55. The summed E-state index contributed by atoms with van der Waals surface area (Å²) >= 11 is 0. The molecule has 0 aliphatic heterocycles. The summed E-state index contributed by atoms with van der Waals surface area (Å²) in [6.07, 6.45) is 31.8. The normalized spacial score (nSPS) is 31.1. The minimum absolute atomic E-state index is 0.986. The fraction of sp³-hybridized carbons (Fsp3) is 1.00. The molecule has 0 radical (unpaired) electrons. The Labute approximate surface area is 159 Å². The second kappa shape index (κ2) is 14.1. The van der Waals surface area contributed by atoms with E-state index in [2.05, 4.69) is 6.92 Å². The van der Waals surface area contributed by atoms with Gasteiger partial charge in [-0.2, -0.15) is 0 Å². The fourth-order valence-corrected chi connectivity index (χ4v) is 5.63. The van der Waals surface area contributed by atoms with Gasteiger partial charge in [0.1, 0.15) is 0 Å². The molecule has 0 aromatic carbocycles. The second-order valence-corrected chi connectivity index (χ2v) is 9.67. The average molecular weight is 349 g/mol. The summed E-state index contributed by atoms with van der Waals surface area (Å²) < 4.78 is 0. The van der Waals surface area contributed by atoms with Gasteiger partial charge in [0.25, 0.3) is 0 Å². The lowest BCUT2D eigenvalue weighted by atomic mass is 9.76. The topological polar surface area (TPSA) is 0 Å². The molecular formula is C25H48. The molecule has 148 valence electrons. The molecule has 25 heavy (non-hydrogen) atoms. The Morgan fingerprint density at radius 3 is 1.12 bits per heavy atom. The SMILES string of the molecule is CC1CCCCCCC(C2CCCCCCCCCCCCCC2)C1. The largest absolute Gasteiger partial charge is 0.0625 e. The lowest BCUT2D eigenvalue weighted by Crippen LogP contribution is -2.18. The molecule has 0 amide bonds. The van der Waals surface area contributed by atoms with Gasteiger partial charge in [0.05, 0.1) is 0 Å². The van der Waals surface area contributed by atoms with Crippen LogP contribution in [0.2, 0.25) is 0 Å². The van der Waals surface area contributed by atoms with E-state index in [1.165, 1.54) is 109 Å². The predicted molar refractivity (Wildman–Crippen MR) is 113 cm³/mol. The van der Waals surface area contributed by atoms with Crippen LogP contribution in [-0.4, -0.2) is 0 Å². The third-order valence-corrected chi connectivity index (χ3v) is 7.29. The molecule has 2 aliphatic rings. The maximum atomic E-state index is 2.55. The Morgan fingerprint density at radius 1 is 0.360 bits per heavy atom. The van der Waals surface area contributed by atoms with Gasteiger partial charge in [-0.25, -0.2) is 0 Å². The Hall–Kier alpha value is 0. The van der Waals surface area contributed by atoms with Crippen molar-refractivity contribution in [1.82, 2.24) is 0 Å². The first-order valence-electron chi connectivity index (χ1n) is 12.4. The molecule has 2 aliphatic carbocycles. The van der Waals surface area contributed by atoms with E-state index in [-0.39, 0.29) is 0 Å². The summed E-state index contributed by atoms with van der Waals surface area (Å²) in [6.45, 7) is 2.55. The van der Waals surface area contributed by atoms with Crippen molar-refractivity contribution in [2.24, 2.45) is 17.8 Å². The molecule has 2 fully saturated rings. The minimum atomic E-state index is 0.986. The lowest BCUT2D eigenvalue weighted by molar-refractivity contribution is 0.219. The maximum Gasteiger partial charge on any atom is -0.0383 e. The van der Waals surface area contributed by atoms with Crippen molar-refractivity contribution in [3.63, 3.8) is 0 Å². The van der Waals surface area contributed by atoms with Crippen molar-refractivity contribution in [2.45, 2.75) is 142 Å². The first-order valence-corrected chi connectivity index (χ1v) is 12.4. The van der Waals surface area contributed by atoms with E-state index in [0.717, 1.165) is 17.8 Å². The van der Waals surface area contributed by atoms with E-state index >= 15 is 0 Å². The molecular weight excluding hydrogens is 300 g/mol. The summed E-state index contributed by atoms with van der Waals surface area (Å²) in [5, 5.41) is 0. The van der Waals surface area contributed by atoms with Gasteiger partial charge in [0.2, 0.25) is 0 Å². The number of hydrogen-bond acceptors (Lipinski definition) is 0. The zero-order chi connectivity index (χ0) is 17.6. The molecule has 0 spiro atoms. The van der Waals surface area contributed by atoms with Crippen LogP contribution < -0.4 is 0 Å². The van der Waals surface area contributed by atoms with Crippen molar-refractivity contribution in [3.8, 4) is 0 Å². The molecule has 0 heteroatoms. The van der Waals surface area contributed by atoms with Crippen molar-refractivity contribution < 1.29 is 0 Å². The molecule has 0 saturated heterocycles. The molecule has 2 rings (SSSR count). The van der Waals surface area contributed by atoms with Crippen LogP contribution in [0.5, 0.6) is 0 Å². The van der Waals surface area contributed by atoms with E-state index < -0.39 is 0 Å². The third-order valence-electron chi connectivity index (χ3n) is 7.29. The predicted octanol–water partition coefficient (Wildman–Crippen LogP) is 9.07. The summed E-state index contributed by atoms with van der Waals surface area (Å²) in [5.74, 6) is 3.11. The molecule has 2 atom stereocenters. The number of rotatable bonds is 1. The first-order chi connectivity index (χ1) is 12.4. The number of hydrogen-bond donors (Lipinski definition) is 0. The van der Waals surface area contributed by atoms with Crippen LogP contribution in [-0.2, 0) is 0 Å². The summed E-state index contributed by atoms with van der Waals surface area (Å²) in [5.41, 5.74) is 0. The summed E-state index contributed by atoms with van der Waals surface area (Å²) in [4.78, 5) is 0.